The maximum absolute atomic E-state index is 4.05. The van der Waals surface area contributed by atoms with Crippen LogP contribution in [0.3, 0.4) is 0 Å². The summed E-state index contributed by atoms with van der Waals surface area (Å²) in [6.45, 7) is 9.62. The highest BCUT2D eigenvalue weighted by atomic mass is 32.1. The van der Waals surface area contributed by atoms with E-state index in [2.05, 4.69) is 43.2 Å². The first kappa shape index (κ1) is 10.4. The lowest BCUT2D eigenvalue weighted by molar-refractivity contribution is 0.443. The van der Waals surface area contributed by atoms with Crippen molar-refractivity contribution in [1.29, 1.82) is 0 Å². The second kappa shape index (κ2) is 4.05. The van der Waals surface area contributed by atoms with E-state index in [9.17, 15) is 0 Å². The highest BCUT2D eigenvalue weighted by Crippen LogP contribution is 2.18. The van der Waals surface area contributed by atoms with Gasteiger partial charge < -0.3 is 5.32 Å². The maximum atomic E-state index is 4.05. The summed E-state index contributed by atoms with van der Waals surface area (Å²) in [4.78, 5) is 0. The Labute approximate surface area is 83.6 Å². The van der Waals surface area contributed by atoms with E-state index in [-0.39, 0.29) is 5.41 Å². The van der Waals surface area contributed by atoms with Gasteiger partial charge >= 0.3 is 0 Å². The Balaban J connectivity index is 2.46. The molecule has 1 heterocycles. The van der Waals surface area contributed by atoms with Gasteiger partial charge in [0, 0.05) is 6.54 Å². The van der Waals surface area contributed by atoms with Gasteiger partial charge in [-0.1, -0.05) is 39.0 Å². The lowest BCUT2D eigenvalue weighted by atomic mass is 9.97. The molecule has 0 aliphatic carbocycles. The van der Waals surface area contributed by atoms with Crippen LogP contribution in [-0.2, 0) is 6.42 Å². The first-order valence-corrected chi connectivity index (χ1v) is 5.39. The third-order valence-electron chi connectivity index (χ3n) is 1.54. The molecule has 1 rings (SSSR count). The van der Waals surface area contributed by atoms with Crippen molar-refractivity contribution in [3.8, 4) is 0 Å². The van der Waals surface area contributed by atoms with Crippen molar-refractivity contribution in [2.24, 2.45) is 5.41 Å². The molecule has 1 aromatic heterocycles. The van der Waals surface area contributed by atoms with E-state index < -0.39 is 0 Å². The topological polar surface area (TPSA) is 37.8 Å². The average molecular weight is 199 g/mol. The molecule has 1 N–H and O–H groups in total. The number of nitrogens with one attached hydrogen (secondary N) is 1. The van der Waals surface area contributed by atoms with Gasteiger partial charge in [0.1, 0.15) is 5.01 Å². The number of rotatable bonds is 3. The van der Waals surface area contributed by atoms with Crippen LogP contribution in [0.5, 0.6) is 0 Å². The lowest BCUT2D eigenvalue weighted by Gasteiger charge is -2.17. The summed E-state index contributed by atoms with van der Waals surface area (Å²) in [5.74, 6) is 0. The van der Waals surface area contributed by atoms with Gasteiger partial charge in [-0.15, -0.1) is 10.2 Å². The van der Waals surface area contributed by atoms with Gasteiger partial charge in [-0.3, -0.25) is 0 Å². The van der Waals surface area contributed by atoms with E-state index in [1.165, 1.54) is 0 Å². The summed E-state index contributed by atoms with van der Waals surface area (Å²) in [7, 11) is 0. The molecule has 0 aliphatic heterocycles. The molecule has 0 saturated carbocycles. The molecule has 13 heavy (non-hydrogen) atoms. The van der Waals surface area contributed by atoms with E-state index in [1.807, 2.05) is 0 Å². The maximum Gasteiger partial charge on any atom is 0.205 e. The van der Waals surface area contributed by atoms with Gasteiger partial charge in [0.05, 0.1) is 0 Å². The molecule has 0 amide bonds. The van der Waals surface area contributed by atoms with Crippen LogP contribution in [0.1, 0.15) is 32.7 Å². The van der Waals surface area contributed by atoms with E-state index in [0.29, 0.717) is 0 Å². The fourth-order valence-corrected chi connectivity index (χ4v) is 1.48. The summed E-state index contributed by atoms with van der Waals surface area (Å²) >= 11 is 1.64. The van der Waals surface area contributed by atoms with Crippen LogP contribution in [0.25, 0.3) is 0 Å². The number of nitrogens with zero attached hydrogens (tertiary/aromatic N) is 2. The highest BCUT2D eigenvalue weighted by Gasteiger charge is 2.10. The predicted molar refractivity (Wildman–Crippen MR) is 57.2 cm³/mol. The molecule has 74 valence electrons. The molecule has 0 aliphatic rings. The molecular formula is C9H17N3S. The van der Waals surface area contributed by atoms with E-state index >= 15 is 0 Å². The number of aryl methyl sites for hydroxylation is 1. The zero-order chi connectivity index (χ0) is 9.90. The highest BCUT2D eigenvalue weighted by molar-refractivity contribution is 7.15. The van der Waals surface area contributed by atoms with Crippen molar-refractivity contribution in [3.05, 3.63) is 5.01 Å². The van der Waals surface area contributed by atoms with Gasteiger partial charge in [-0.05, 0) is 11.8 Å². The van der Waals surface area contributed by atoms with Gasteiger partial charge in [-0.2, -0.15) is 0 Å². The number of hydrogen-bond donors (Lipinski definition) is 1. The van der Waals surface area contributed by atoms with Crippen molar-refractivity contribution < 1.29 is 0 Å². The number of aromatic nitrogens is 2. The first-order chi connectivity index (χ1) is 6.01. The number of hydrogen-bond acceptors (Lipinski definition) is 4. The summed E-state index contributed by atoms with van der Waals surface area (Å²) in [6, 6.07) is 0. The van der Waals surface area contributed by atoms with Crippen LogP contribution >= 0.6 is 11.3 Å². The average Bonchev–Trinajstić information content (AvgIpc) is 2.47. The lowest BCUT2D eigenvalue weighted by Crippen LogP contribution is -2.18. The minimum atomic E-state index is 0.290. The van der Waals surface area contributed by atoms with Crippen LogP contribution in [0.4, 0.5) is 5.13 Å². The third-order valence-corrected chi connectivity index (χ3v) is 2.56. The largest absolute Gasteiger partial charge is 0.360 e. The summed E-state index contributed by atoms with van der Waals surface area (Å²) < 4.78 is 0. The van der Waals surface area contributed by atoms with Crippen molar-refractivity contribution in [3.63, 3.8) is 0 Å². The van der Waals surface area contributed by atoms with Crippen LogP contribution in [0.15, 0.2) is 0 Å². The Morgan fingerprint density at radius 3 is 2.46 bits per heavy atom. The van der Waals surface area contributed by atoms with Crippen LogP contribution in [-0.4, -0.2) is 16.7 Å². The first-order valence-electron chi connectivity index (χ1n) is 4.57. The molecular weight excluding hydrogens is 182 g/mol. The molecule has 0 atom stereocenters. The Morgan fingerprint density at radius 1 is 1.31 bits per heavy atom. The Bertz CT molecular complexity index is 262. The normalized spacial score (nSPS) is 11.7. The fourth-order valence-electron chi connectivity index (χ4n) is 0.809. The molecule has 0 radical (unpaired) electrons. The molecule has 1 aromatic rings. The zero-order valence-corrected chi connectivity index (χ0v) is 9.53. The van der Waals surface area contributed by atoms with Crippen LogP contribution < -0.4 is 5.32 Å². The molecule has 0 fully saturated rings. The standard InChI is InChI=1S/C9H17N3S/c1-5-7-11-12-8(13-7)10-6-9(2,3)4/h5-6H2,1-4H3,(H,10,12). The van der Waals surface area contributed by atoms with Crippen LogP contribution in [0, 0.1) is 5.41 Å². The third kappa shape index (κ3) is 3.72. The molecule has 0 bridgehead atoms. The van der Waals surface area contributed by atoms with E-state index in [0.717, 1.165) is 23.1 Å². The fraction of sp³-hybridized carbons (Fsp3) is 0.778. The van der Waals surface area contributed by atoms with Gasteiger partial charge in [0.15, 0.2) is 0 Å². The quantitative estimate of drug-likeness (QED) is 0.813. The zero-order valence-electron chi connectivity index (χ0n) is 8.72. The van der Waals surface area contributed by atoms with E-state index in [4.69, 9.17) is 0 Å². The van der Waals surface area contributed by atoms with Gasteiger partial charge in [0.2, 0.25) is 5.13 Å². The van der Waals surface area contributed by atoms with Crippen molar-refractivity contribution in [2.45, 2.75) is 34.1 Å². The van der Waals surface area contributed by atoms with Crippen molar-refractivity contribution >= 4 is 16.5 Å². The molecule has 0 spiro atoms. The predicted octanol–water partition coefficient (Wildman–Crippen LogP) is 2.56. The molecule has 0 aromatic carbocycles. The van der Waals surface area contributed by atoms with E-state index in [1.54, 1.807) is 11.3 Å². The van der Waals surface area contributed by atoms with Gasteiger partial charge in [0.25, 0.3) is 0 Å². The second-order valence-electron chi connectivity index (χ2n) is 4.27. The molecule has 0 saturated heterocycles. The molecule has 0 unspecified atom stereocenters. The Kier molecular flexibility index (Phi) is 3.25. The molecule has 3 nitrogen and oxygen atoms in total. The Morgan fingerprint density at radius 2 is 2.00 bits per heavy atom. The monoisotopic (exact) mass is 199 g/mol. The smallest absolute Gasteiger partial charge is 0.205 e. The molecule has 4 heteroatoms. The Hall–Kier alpha value is -0.640. The van der Waals surface area contributed by atoms with Crippen molar-refractivity contribution in [2.75, 3.05) is 11.9 Å². The van der Waals surface area contributed by atoms with Gasteiger partial charge in [-0.25, -0.2) is 0 Å². The minimum Gasteiger partial charge on any atom is -0.360 e. The SMILES string of the molecule is CCc1nnc(NCC(C)(C)C)s1. The summed E-state index contributed by atoms with van der Waals surface area (Å²) in [6.07, 6.45) is 0.967. The number of anilines is 1. The summed E-state index contributed by atoms with van der Waals surface area (Å²) in [5.41, 5.74) is 0.290. The van der Waals surface area contributed by atoms with Crippen molar-refractivity contribution in [1.82, 2.24) is 10.2 Å². The minimum absolute atomic E-state index is 0.290. The van der Waals surface area contributed by atoms with Crippen LogP contribution in [0.2, 0.25) is 0 Å². The summed E-state index contributed by atoms with van der Waals surface area (Å²) in [5, 5.41) is 13.4. The second-order valence-corrected chi connectivity index (χ2v) is 5.33.